The van der Waals surface area contributed by atoms with Crippen molar-refractivity contribution in [2.75, 3.05) is 164 Å². The summed E-state index contributed by atoms with van der Waals surface area (Å²) < 4.78 is 44.8. The third kappa shape index (κ3) is 24.9. The fourth-order valence-electron chi connectivity index (χ4n) is 6.02. The van der Waals surface area contributed by atoms with Crippen molar-refractivity contribution in [3.8, 4) is 11.5 Å². The number of ether oxygens (including phenoxy) is 8. The zero-order valence-electron chi connectivity index (χ0n) is 34.7. The number of carboxylic acid groups (broad SMARTS) is 4. The van der Waals surface area contributed by atoms with Crippen LogP contribution in [0.15, 0.2) is 18.2 Å². The fourth-order valence-corrected chi connectivity index (χ4v) is 6.02. The second kappa shape index (κ2) is 32.1. The highest BCUT2D eigenvalue weighted by Crippen LogP contribution is 2.27. The van der Waals surface area contributed by atoms with Gasteiger partial charge in [-0.25, -0.2) is 0 Å². The molecule has 4 N–H and O–H groups in total. The first-order chi connectivity index (χ1) is 28.5. The quantitative estimate of drug-likeness (QED) is 0.0702. The number of carbonyl (C=O) groups is 4. The highest BCUT2D eigenvalue weighted by atomic mass is 16.6. The van der Waals surface area contributed by atoms with Gasteiger partial charge in [-0.2, -0.15) is 0 Å². The van der Waals surface area contributed by atoms with E-state index in [0.717, 1.165) is 0 Å². The van der Waals surface area contributed by atoms with Crippen molar-refractivity contribution in [1.82, 2.24) is 19.6 Å². The Balaban J connectivity index is 2.23. The molecule has 1 heterocycles. The predicted octanol–water partition coefficient (Wildman–Crippen LogP) is 0.0547. The second-order valence-electron chi connectivity index (χ2n) is 13.4. The number of aliphatic carboxylic acids is 4. The zero-order chi connectivity index (χ0) is 43.1. The van der Waals surface area contributed by atoms with Crippen LogP contribution < -0.4 is 9.47 Å². The number of hydrogen-bond donors (Lipinski definition) is 4. The van der Waals surface area contributed by atoms with Gasteiger partial charge in [0.1, 0.15) is 30.8 Å². The molecule has 1 aliphatic heterocycles. The van der Waals surface area contributed by atoms with Crippen molar-refractivity contribution >= 4 is 23.9 Å². The van der Waals surface area contributed by atoms with Crippen LogP contribution in [0.5, 0.6) is 11.5 Å². The summed E-state index contributed by atoms with van der Waals surface area (Å²) >= 11 is 0. The van der Waals surface area contributed by atoms with Crippen LogP contribution in [0.2, 0.25) is 0 Å². The van der Waals surface area contributed by atoms with Crippen LogP contribution >= 0.6 is 0 Å². The molecular formula is C39H66N4O16. The Morgan fingerprint density at radius 3 is 1.29 bits per heavy atom. The molecule has 1 aromatic carbocycles. The van der Waals surface area contributed by atoms with Crippen LogP contribution in [0.25, 0.3) is 0 Å². The minimum absolute atomic E-state index is 0.00384. The summed E-state index contributed by atoms with van der Waals surface area (Å²) in [4.78, 5) is 54.7. The van der Waals surface area contributed by atoms with Crippen LogP contribution in [-0.2, 0) is 54.0 Å². The molecule has 1 unspecified atom stereocenters. The number of hydrogen-bond acceptors (Lipinski definition) is 16. The van der Waals surface area contributed by atoms with Crippen molar-refractivity contribution in [3.63, 3.8) is 0 Å². The smallest absolute Gasteiger partial charge is 0.321 e. The SMILES string of the molecule is CCOCCOCCOCCOc1ccc(CC(C(=O)O)N2CCN(CC(=O)O)CCN(CC(=O)O)CCN(CC(=O)O)CC2)c(OCCOCCOCCOCC)c1. The van der Waals surface area contributed by atoms with E-state index in [9.17, 15) is 39.6 Å². The van der Waals surface area contributed by atoms with Gasteiger partial charge in [-0.15, -0.1) is 0 Å². The van der Waals surface area contributed by atoms with Crippen LogP contribution in [0.4, 0.5) is 0 Å². The lowest BCUT2D eigenvalue weighted by Gasteiger charge is -2.35. The van der Waals surface area contributed by atoms with E-state index in [-0.39, 0.29) is 98.2 Å². The molecule has 1 atom stereocenters. The van der Waals surface area contributed by atoms with Crippen LogP contribution in [0, 0.1) is 0 Å². The van der Waals surface area contributed by atoms with E-state index in [2.05, 4.69) is 0 Å². The summed E-state index contributed by atoms with van der Waals surface area (Å²) in [7, 11) is 0. The summed E-state index contributed by atoms with van der Waals surface area (Å²) in [6.45, 7) is 10.0. The summed E-state index contributed by atoms with van der Waals surface area (Å²) in [6.07, 6.45) is -0.00384. The Bertz CT molecular complexity index is 1300. The Morgan fingerprint density at radius 2 is 0.898 bits per heavy atom. The summed E-state index contributed by atoms with van der Waals surface area (Å²) in [5.41, 5.74) is 0.574. The molecule has 0 spiro atoms. The molecule has 0 aliphatic carbocycles. The van der Waals surface area contributed by atoms with Gasteiger partial charge in [0.15, 0.2) is 0 Å². The highest BCUT2D eigenvalue weighted by Gasteiger charge is 2.29. The first-order valence-corrected chi connectivity index (χ1v) is 20.2. The molecule has 1 aliphatic rings. The van der Waals surface area contributed by atoms with Crippen LogP contribution in [0.3, 0.4) is 0 Å². The van der Waals surface area contributed by atoms with Gasteiger partial charge in [0.2, 0.25) is 0 Å². The lowest BCUT2D eigenvalue weighted by atomic mass is 10.0. The lowest BCUT2D eigenvalue weighted by Crippen LogP contribution is -2.52. The first kappa shape index (κ1) is 51.4. The van der Waals surface area contributed by atoms with E-state index in [1.165, 1.54) is 0 Å². The molecule has 0 radical (unpaired) electrons. The molecule has 1 fully saturated rings. The Hall–Kier alpha value is -3.70. The van der Waals surface area contributed by atoms with Gasteiger partial charge in [-0.05, 0) is 25.5 Å². The van der Waals surface area contributed by atoms with E-state index in [4.69, 9.17) is 37.9 Å². The third-order valence-corrected chi connectivity index (χ3v) is 9.00. The first-order valence-electron chi connectivity index (χ1n) is 20.2. The molecule has 0 bridgehead atoms. The van der Waals surface area contributed by atoms with Crippen LogP contribution in [0.1, 0.15) is 19.4 Å². The monoisotopic (exact) mass is 846 g/mol. The van der Waals surface area contributed by atoms with E-state index in [1.807, 2.05) is 13.8 Å². The van der Waals surface area contributed by atoms with Gasteiger partial charge < -0.3 is 58.3 Å². The molecule has 20 nitrogen and oxygen atoms in total. The van der Waals surface area contributed by atoms with Gasteiger partial charge in [-0.3, -0.25) is 38.8 Å². The van der Waals surface area contributed by atoms with E-state index in [1.54, 1.807) is 37.8 Å². The van der Waals surface area contributed by atoms with E-state index in [0.29, 0.717) is 89.7 Å². The number of rotatable bonds is 32. The lowest BCUT2D eigenvalue weighted by molar-refractivity contribution is -0.144. The van der Waals surface area contributed by atoms with Gasteiger partial charge in [0.25, 0.3) is 0 Å². The molecule has 1 saturated heterocycles. The molecule has 20 heteroatoms. The molecule has 0 aromatic heterocycles. The highest BCUT2D eigenvalue weighted by molar-refractivity contribution is 5.74. The summed E-state index contributed by atoms with van der Waals surface area (Å²) in [5, 5.41) is 39.3. The fraction of sp³-hybridized carbons (Fsp3) is 0.744. The largest absolute Gasteiger partial charge is 0.491 e. The minimum atomic E-state index is -1.13. The average Bonchev–Trinajstić information content (AvgIpc) is 3.18. The summed E-state index contributed by atoms with van der Waals surface area (Å²) in [5.74, 6) is -3.47. The minimum Gasteiger partial charge on any atom is -0.491 e. The van der Waals surface area contributed by atoms with E-state index < -0.39 is 29.9 Å². The predicted molar refractivity (Wildman–Crippen MR) is 213 cm³/mol. The molecule has 1 aromatic rings. The molecule has 0 saturated carbocycles. The number of carboxylic acids is 4. The standard InChI is InChI=1S/C39H66N4O16/c1-3-52-15-17-54-19-21-56-23-25-58-33-6-5-32(35(28-33)59-26-24-57-22-20-55-18-16-53-4-2)27-34(39(50)51)43-13-11-41(30-37(46)47)9-7-40(29-36(44)45)8-10-42(12-14-43)31-38(48)49/h5-6,28,34H,3-4,7-27,29-31H2,1-2H3,(H,44,45)(H,46,47)(H,48,49)(H,50,51). The number of nitrogens with zero attached hydrogens (tertiary/aromatic N) is 4. The van der Waals surface area contributed by atoms with Crippen molar-refractivity contribution in [2.45, 2.75) is 26.3 Å². The van der Waals surface area contributed by atoms with Gasteiger partial charge in [-0.1, -0.05) is 6.07 Å². The Morgan fingerprint density at radius 1 is 0.525 bits per heavy atom. The molecule has 2 rings (SSSR count). The van der Waals surface area contributed by atoms with Crippen molar-refractivity contribution < 1.29 is 77.5 Å². The molecule has 0 amide bonds. The topological polar surface area (TPSA) is 236 Å². The van der Waals surface area contributed by atoms with Gasteiger partial charge in [0, 0.05) is 78.1 Å². The second-order valence-corrected chi connectivity index (χ2v) is 13.4. The van der Waals surface area contributed by atoms with Gasteiger partial charge in [0.05, 0.1) is 85.7 Å². The summed E-state index contributed by atoms with van der Waals surface area (Å²) in [6, 6.07) is 4.03. The molecular weight excluding hydrogens is 780 g/mol. The molecule has 59 heavy (non-hydrogen) atoms. The van der Waals surface area contributed by atoms with E-state index >= 15 is 0 Å². The maximum atomic E-state index is 13.0. The van der Waals surface area contributed by atoms with Crippen LogP contribution in [-0.4, -0.2) is 234 Å². The van der Waals surface area contributed by atoms with Crippen molar-refractivity contribution in [3.05, 3.63) is 23.8 Å². The number of benzene rings is 1. The van der Waals surface area contributed by atoms with Crippen molar-refractivity contribution in [2.24, 2.45) is 0 Å². The maximum absolute atomic E-state index is 13.0. The Kier molecular flexibility index (Phi) is 28.0. The molecule has 338 valence electrons. The normalized spacial score (nSPS) is 15.9. The maximum Gasteiger partial charge on any atom is 0.321 e. The Labute approximate surface area is 346 Å². The van der Waals surface area contributed by atoms with Crippen molar-refractivity contribution in [1.29, 1.82) is 0 Å². The van der Waals surface area contributed by atoms with Gasteiger partial charge >= 0.3 is 23.9 Å². The zero-order valence-corrected chi connectivity index (χ0v) is 34.7. The average molecular weight is 847 g/mol. The third-order valence-electron chi connectivity index (χ3n) is 9.00.